The van der Waals surface area contributed by atoms with Crippen molar-refractivity contribution in [3.63, 3.8) is 0 Å². The molecule has 5 nitrogen and oxygen atoms in total. The summed E-state index contributed by atoms with van der Waals surface area (Å²) >= 11 is 0. The average Bonchev–Trinajstić information content (AvgIpc) is 2.61. The molecule has 0 saturated carbocycles. The van der Waals surface area contributed by atoms with Gasteiger partial charge in [0.15, 0.2) is 0 Å². The Hall–Kier alpha value is -1.89. The Labute approximate surface area is 94.7 Å². The Bertz CT molecular complexity index is 478. The third kappa shape index (κ3) is 2.01. The molecule has 1 aromatic rings. The molecule has 17 heavy (non-hydrogen) atoms. The molecule has 0 radical (unpaired) electrons. The van der Waals surface area contributed by atoms with Gasteiger partial charge < -0.3 is 20.3 Å². The lowest BCUT2D eigenvalue weighted by molar-refractivity contribution is -0.0132. The van der Waals surface area contributed by atoms with Gasteiger partial charge in [0.1, 0.15) is 17.4 Å². The zero-order valence-corrected chi connectivity index (χ0v) is 8.57. The summed E-state index contributed by atoms with van der Waals surface area (Å²) in [5.41, 5.74) is 4.67. The van der Waals surface area contributed by atoms with E-state index in [0.717, 1.165) is 0 Å². The Kier molecular flexibility index (Phi) is 2.84. The van der Waals surface area contributed by atoms with Crippen LogP contribution in [-0.2, 0) is 17.8 Å². The summed E-state index contributed by atoms with van der Waals surface area (Å²) in [5.74, 6) is -1.86. The topological polar surface area (TPSA) is 81.8 Å². The monoisotopic (exact) mass is 245 g/mol. The predicted molar refractivity (Wildman–Crippen MR) is 51.1 cm³/mol. The fourth-order valence-corrected chi connectivity index (χ4v) is 1.70. The number of fused-ring (bicyclic) bond motifs is 1. The average molecular weight is 245 g/mol. The molecule has 0 bridgehead atoms. The quantitative estimate of drug-likeness (QED) is 0.807. The van der Waals surface area contributed by atoms with Crippen LogP contribution in [0.15, 0.2) is 6.07 Å². The van der Waals surface area contributed by atoms with E-state index in [1.807, 2.05) is 0 Å². The fraction of sp³-hybridized carbons (Fsp3) is 0.300. The van der Waals surface area contributed by atoms with Crippen molar-refractivity contribution in [2.45, 2.75) is 19.3 Å². The Morgan fingerprint density at radius 3 is 2.88 bits per heavy atom. The highest BCUT2D eigenvalue weighted by molar-refractivity contribution is 5.65. The van der Waals surface area contributed by atoms with E-state index >= 15 is 0 Å². The van der Waals surface area contributed by atoms with Gasteiger partial charge in [0.25, 0.3) is 0 Å². The van der Waals surface area contributed by atoms with Crippen molar-refractivity contribution in [1.82, 2.24) is 0 Å². The van der Waals surface area contributed by atoms with Gasteiger partial charge in [0, 0.05) is 11.6 Å². The SMILES string of the molecule is NC(=O)OC1Cc2c(F)cc(F)c(CO)c2O1. The first kappa shape index (κ1) is 11.6. The van der Waals surface area contributed by atoms with Gasteiger partial charge in [-0.2, -0.15) is 0 Å². The maximum Gasteiger partial charge on any atom is 0.407 e. The second kappa shape index (κ2) is 4.17. The minimum Gasteiger partial charge on any atom is -0.453 e. The summed E-state index contributed by atoms with van der Waals surface area (Å²) in [6.45, 7) is -0.641. The van der Waals surface area contributed by atoms with Gasteiger partial charge in [-0.25, -0.2) is 13.6 Å². The van der Waals surface area contributed by atoms with E-state index in [1.165, 1.54) is 0 Å². The first-order chi connectivity index (χ1) is 8.02. The molecule has 0 aromatic heterocycles. The zero-order chi connectivity index (χ0) is 12.6. The number of aliphatic hydroxyl groups excluding tert-OH is 1. The molecule has 1 aliphatic heterocycles. The highest BCUT2D eigenvalue weighted by atomic mass is 19.1. The van der Waals surface area contributed by atoms with Crippen LogP contribution in [0.5, 0.6) is 5.75 Å². The van der Waals surface area contributed by atoms with Crippen molar-refractivity contribution in [3.05, 3.63) is 28.8 Å². The van der Waals surface area contributed by atoms with Gasteiger partial charge in [-0.3, -0.25) is 0 Å². The Balaban J connectivity index is 2.36. The molecular formula is C10H9F2NO4. The summed E-state index contributed by atoms with van der Waals surface area (Å²) in [6, 6.07) is 0.653. The van der Waals surface area contributed by atoms with Crippen molar-refractivity contribution in [2.24, 2.45) is 5.73 Å². The maximum absolute atomic E-state index is 13.4. The number of carbonyl (C=O) groups excluding carboxylic acids is 1. The molecule has 1 unspecified atom stereocenters. The number of primary amides is 1. The smallest absolute Gasteiger partial charge is 0.407 e. The summed E-state index contributed by atoms with van der Waals surface area (Å²) in [7, 11) is 0. The highest BCUT2D eigenvalue weighted by Crippen LogP contribution is 2.36. The second-order valence-corrected chi connectivity index (χ2v) is 3.47. The molecule has 1 amide bonds. The number of benzene rings is 1. The molecule has 92 valence electrons. The molecule has 7 heteroatoms. The predicted octanol–water partition coefficient (Wildman–Crippen LogP) is 0.813. The van der Waals surface area contributed by atoms with Crippen molar-refractivity contribution >= 4 is 6.09 Å². The number of aliphatic hydroxyl groups is 1. The molecule has 0 aliphatic carbocycles. The number of hydrogen-bond donors (Lipinski definition) is 2. The third-order valence-electron chi connectivity index (χ3n) is 2.40. The van der Waals surface area contributed by atoms with Crippen LogP contribution in [0.1, 0.15) is 11.1 Å². The normalized spacial score (nSPS) is 17.5. The number of halogens is 2. The maximum atomic E-state index is 13.4. The van der Waals surface area contributed by atoms with Crippen molar-refractivity contribution in [3.8, 4) is 5.75 Å². The van der Waals surface area contributed by atoms with Crippen LogP contribution in [0.3, 0.4) is 0 Å². The molecule has 0 saturated heterocycles. The molecule has 1 aromatic carbocycles. The summed E-state index contributed by atoms with van der Waals surface area (Å²) in [6.07, 6.45) is -2.24. The minimum absolute atomic E-state index is 0.0571. The molecule has 1 aliphatic rings. The largest absolute Gasteiger partial charge is 0.453 e. The van der Waals surface area contributed by atoms with E-state index in [2.05, 4.69) is 4.74 Å². The van der Waals surface area contributed by atoms with E-state index in [0.29, 0.717) is 6.07 Å². The summed E-state index contributed by atoms with van der Waals surface area (Å²) < 4.78 is 36.3. The Morgan fingerprint density at radius 1 is 1.59 bits per heavy atom. The minimum atomic E-state index is -1.09. The van der Waals surface area contributed by atoms with E-state index in [4.69, 9.17) is 15.6 Å². The number of ether oxygens (including phenoxy) is 2. The van der Waals surface area contributed by atoms with Crippen LogP contribution in [0.25, 0.3) is 0 Å². The second-order valence-electron chi connectivity index (χ2n) is 3.47. The lowest BCUT2D eigenvalue weighted by Gasteiger charge is -2.11. The molecule has 2 rings (SSSR count). The van der Waals surface area contributed by atoms with Crippen molar-refractivity contribution in [2.75, 3.05) is 0 Å². The molecule has 1 atom stereocenters. The van der Waals surface area contributed by atoms with Crippen LogP contribution in [0, 0.1) is 11.6 Å². The number of carbonyl (C=O) groups is 1. The number of nitrogens with two attached hydrogens (primary N) is 1. The van der Waals surface area contributed by atoms with Crippen molar-refractivity contribution in [1.29, 1.82) is 0 Å². The first-order valence-corrected chi connectivity index (χ1v) is 4.76. The van der Waals surface area contributed by atoms with E-state index in [1.54, 1.807) is 0 Å². The summed E-state index contributed by atoms with van der Waals surface area (Å²) in [4.78, 5) is 10.5. The molecule has 3 N–H and O–H groups in total. The van der Waals surface area contributed by atoms with Crippen LogP contribution in [-0.4, -0.2) is 17.5 Å². The van der Waals surface area contributed by atoms with Gasteiger partial charge in [0.05, 0.1) is 18.6 Å². The van der Waals surface area contributed by atoms with Gasteiger partial charge in [-0.05, 0) is 0 Å². The zero-order valence-electron chi connectivity index (χ0n) is 8.57. The van der Waals surface area contributed by atoms with E-state index in [9.17, 15) is 13.6 Å². The standard InChI is InChI=1S/C10H9F2NO4/c11-6-2-7(12)5(3-14)9-4(6)1-8(16-9)17-10(13)15/h2,8,14H,1,3H2,(H2,13,15). The van der Waals surface area contributed by atoms with Crippen LogP contribution < -0.4 is 10.5 Å². The van der Waals surface area contributed by atoms with E-state index < -0.39 is 30.6 Å². The summed E-state index contributed by atoms with van der Waals surface area (Å²) in [5, 5.41) is 8.97. The molecule has 1 heterocycles. The number of rotatable bonds is 2. The lowest BCUT2D eigenvalue weighted by Crippen LogP contribution is -2.25. The van der Waals surface area contributed by atoms with Crippen LogP contribution in [0.2, 0.25) is 0 Å². The number of hydrogen-bond acceptors (Lipinski definition) is 4. The molecule has 0 spiro atoms. The van der Waals surface area contributed by atoms with Gasteiger partial charge >= 0.3 is 6.09 Å². The Morgan fingerprint density at radius 2 is 2.29 bits per heavy atom. The lowest BCUT2D eigenvalue weighted by atomic mass is 10.1. The molecular weight excluding hydrogens is 236 g/mol. The first-order valence-electron chi connectivity index (χ1n) is 4.76. The molecule has 0 fully saturated rings. The van der Waals surface area contributed by atoms with Gasteiger partial charge in [-0.15, -0.1) is 0 Å². The van der Waals surface area contributed by atoms with Crippen LogP contribution >= 0.6 is 0 Å². The fourth-order valence-electron chi connectivity index (χ4n) is 1.70. The van der Waals surface area contributed by atoms with E-state index in [-0.39, 0.29) is 23.3 Å². The number of amides is 1. The van der Waals surface area contributed by atoms with Crippen molar-refractivity contribution < 1.29 is 28.2 Å². The third-order valence-corrected chi connectivity index (χ3v) is 2.40. The van der Waals surface area contributed by atoms with Gasteiger partial charge in [0.2, 0.25) is 6.29 Å². The highest BCUT2D eigenvalue weighted by Gasteiger charge is 2.32. The van der Waals surface area contributed by atoms with Gasteiger partial charge in [-0.1, -0.05) is 0 Å². The van der Waals surface area contributed by atoms with Crippen LogP contribution in [0.4, 0.5) is 13.6 Å².